The van der Waals surface area contributed by atoms with Gasteiger partial charge in [-0.25, -0.2) is 4.98 Å². The molecular weight excluding hydrogens is 298 g/mol. The molecule has 0 bridgehead atoms. The van der Waals surface area contributed by atoms with E-state index >= 15 is 0 Å². The number of nitrogens with two attached hydrogens (primary N) is 2. The number of primary amides is 1. The summed E-state index contributed by atoms with van der Waals surface area (Å²) in [6.07, 6.45) is 0. The SMILES string of the molecule is Cc1cccc2c(-c3ccccc3)c(C(N)=O)c(N)nc12.Cl. The Morgan fingerprint density at radius 2 is 1.73 bits per heavy atom. The number of carbonyl (C=O) groups is 1. The van der Waals surface area contributed by atoms with Crippen LogP contribution < -0.4 is 11.5 Å². The fourth-order valence-electron chi connectivity index (χ4n) is 2.60. The molecule has 0 spiro atoms. The maximum atomic E-state index is 11.8. The van der Waals surface area contributed by atoms with Crippen molar-refractivity contribution in [3.63, 3.8) is 0 Å². The number of benzene rings is 2. The monoisotopic (exact) mass is 313 g/mol. The van der Waals surface area contributed by atoms with Crippen LogP contribution in [0.5, 0.6) is 0 Å². The lowest BCUT2D eigenvalue weighted by atomic mass is 9.94. The molecular formula is C17H16ClN3O. The Hall–Kier alpha value is -2.59. The molecule has 0 unspecified atom stereocenters. The van der Waals surface area contributed by atoms with Gasteiger partial charge in [-0.3, -0.25) is 4.79 Å². The van der Waals surface area contributed by atoms with Gasteiger partial charge < -0.3 is 11.5 Å². The van der Waals surface area contributed by atoms with Gasteiger partial charge in [0.1, 0.15) is 5.82 Å². The standard InChI is InChI=1S/C17H15N3O.ClH/c1-10-6-5-9-12-13(11-7-3-2-4-8-11)14(17(19)21)16(18)20-15(10)12;/h2-9H,1H3,(H2,18,20)(H2,19,21);1H. The number of amides is 1. The first-order valence-electron chi connectivity index (χ1n) is 6.63. The molecule has 0 radical (unpaired) electrons. The Morgan fingerprint density at radius 1 is 1.05 bits per heavy atom. The molecule has 3 aromatic rings. The van der Waals surface area contributed by atoms with Gasteiger partial charge in [-0.15, -0.1) is 12.4 Å². The molecule has 1 aromatic heterocycles. The van der Waals surface area contributed by atoms with E-state index in [0.717, 1.165) is 27.6 Å². The van der Waals surface area contributed by atoms with Gasteiger partial charge in [-0.1, -0.05) is 48.5 Å². The first kappa shape index (κ1) is 15.8. The molecule has 5 heteroatoms. The summed E-state index contributed by atoms with van der Waals surface area (Å²) in [7, 11) is 0. The topological polar surface area (TPSA) is 82.0 Å². The number of carbonyl (C=O) groups excluding carboxylic acids is 1. The highest BCUT2D eigenvalue weighted by molar-refractivity contribution is 6.12. The van der Waals surface area contributed by atoms with Crippen LogP contribution in [0.1, 0.15) is 15.9 Å². The Bertz CT molecular complexity index is 847. The molecule has 22 heavy (non-hydrogen) atoms. The number of para-hydroxylation sites is 1. The number of fused-ring (bicyclic) bond motifs is 1. The second-order valence-corrected chi connectivity index (χ2v) is 4.95. The lowest BCUT2D eigenvalue weighted by Gasteiger charge is -2.14. The predicted molar refractivity (Wildman–Crippen MR) is 92.1 cm³/mol. The smallest absolute Gasteiger partial charge is 0.253 e. The van der Waals surface area contributed by atoms with E-state index in [2.05, 4.69) is 4.98 Å². The number of nitrogens with zero attached hydrogens (tertiary/aromatic N) is 1. The van der Waals surface area contributed by atoms with Crippen LogP contribution in [0.4, 0.5) is 5.82 Å². The maximum Gasteiger partial charge on any atom is 0.253 e. The fraction of sp³-hybridized carbons (Fsp3) is 0.0588. The number of aromatic nitrogens is 1. The molecule has 112 valence electrons. The molecule has 0 saturated carbocycles. The summed E-state index contributed by atoms with van der Waals surface area (Å²) in [5.74, 6) is -0.398. The third kappa shape index (κ3) is 2.49. The zero-order valence-corrected chi connectivity index (χ0v) is 12.9. The molecule has 0 aliphatic carbocycles. The second-order valence-electron chi connectivity index (χ2n) is 4.95. The normalized spacial score (nSPS) is 10.2. The van der Waals surface area contributed by atoms with E-state index in [-0.39, 0.29) is 23.8 Å². The van der Waals surface area contributed by atoms with Gasteiger partial charge in [0.2, 0.25) is 0 Å². The predicted octanol–water partition coefficient (Wildman–Crippen LogP) is 3.31. The molecule has 3 rings (SSSR count). The summed E-state index contributed by atoms with van der Waals surface area (Å²) in [4.78, 5) is 16.2. The Balaban J connectivity index is 0.00000176. The minimum Gasteiger partial charge on any atom is -0.383 e. The highest BCUT2D eigenvalue weighted by Gasteiger charge is 2.19. The van der Waals surface area contributed by atoms with Crippen LogP contribution in [-0.4, -0.2) is 10.9 Å². The van der Waals surface area contributed by atoms with Gasteiger partial charge in [0.05, 0.1) is 11.1 Å². The van der Waals surface area contributed by atoms with E-state index in [1.807, 2.05) is 55.5 Å². The van der Waals surface area contributed by atoms with Crippen molar-refractivity contribution >= 4 is 35.0 Å². The molecule has 0 fully saturated rings. The van der Waals surface area contributed by atoms with E-state index in [9.17, 15) is 4.79 Å². The number of nitrogen functional groups attached to an aromatic ring is 1. The van der Waals surface area contributed by atoms with E-state index in [1.165, 1.54) is 0 Å². The average Bonchev–Trinajstić information content (AvgIpc) is 2.47. The van der Waals surface area contributed by atoms with Crippen molar-refractivity contribution in [2.75, 3.05) is 5.73 Å². The minimum absolute atomic E-state index is 0. The van der Waals surface area contributed by atoms with Gasteiger partial charge in [0.25, 0.3) is 5.91 Å². The fourth-order valence-corrected chi connectivity index (χ4v) is 2.60. The van der Waals surface area contributed by atoms with Gasteiger partial charge in [0.15, 0.2) is 0 Å². The zero-order valence-electron chi connectivity index (χ0n) is 12.0. The third-order valence-corrected chi connectivity index (χ3v) is 3.55. The van der Waals surface area contributed by atoms with Crippen LogP contribution in [0.2, 0.25) is 0 Å². The highest BCUT2D eigenvalue weighted by Crippen LogP contribution is 2.34. The van der Waals surface area contributed by atoms with E-state index in [0.29, 0.717) is 0 Å². The first-order chi connectivity index (χ1) is 10.1. The summed E-state index contributed by atoms with van der Waals surface area (Å²) >= 11 is 0. The molecule has 4 N–H and O–H groups in total. The molecule has 0 atom stereocenters. The van der Waals surface area contributed by atoms with Gasteiger partial charge in [-0.2, -0.15) is 0 Å². The van der Waals surface area contributed by atoms with Crippen molar-refractivity contribution in [2.45, 2.75) is 6.92 Å². The Morgan fingerprint density at radius 3 is 2.36 bits per heavy atom. The molecule has 0 aliphatic heterocycles. The van der Waals surface area contributed by atoms with Crippen molar-refractivity contribution in [3.05, 3.63) is 59.7 Å². The summed E-state index contributed by atoms with van der Waals surface area (Å²) in [6, 6.07) is 15.5. The van der Waals surface area contributed by atoms with Crippen LogP contribution in [0.25, 0.3) is 22.0 Å². The molecule has 1 amide bonds. The van der Waals surface area contributed by atoms with E-state index < -0.39 is 5.91 Å². The van der Waals surface area contributed by atoms with Crippen molar-refractivity contribution in [2.24, 2.45) is 5.73 Å². The number of anilines is 1. The van der Waals surface area contributed by atoms with Crippen molar-refractivity contribution < 1.29 is 4.79 Å². The number of hydrogen-bond donors (Lipinski definition) is 2. The van der Waals surface area contributed by atoms with Crippen molar-refractivity contribution in [3.8, 4) is 11.1 Å². The summed E-state index contributed by atoms with van der Waals surface area (Å²) in [5, 5.41) is 0.879. The zero-order chi connectivity index (χ0) is 15.0. The molecule has 4 nitrogen and oxygen atoms in total. The lowest BCUT2D eigenvalue weighted by molar-refractivity contribution is 0.100. The maximum absolute atomic E-state index is 11.8. The molecule has 2 aromatic carbocycles. The number of pyridine rings is 1. The number of hydrogen-bond acceptors (Lipinski definition) is 3. The molecule has 0 saturated heterocycles. The van der Waals surface area contributed by atoms with Crippen LogP contribution in [0, 0.1) is 6.92 Å². The quantitative estimate of drug-likeness (QED) is 0.761. The van der Waals surface area contributed by atoms with Crippen LogP contribution in [0.3, 0.4) is 0 Å². The van der Waals surface area contributed by atoms with Crippen molar-refractivity contribution in [1.29, 1.82) is 0 Å². The average molecular weight is 314 g/mol. The van der Waals surface area contributed by atoms with Crippen LogP contribution in [-0.2, 0) is 0 Å². The number of aryl methyl sites for hydroxylation is 1. The van der Waals surface area contributed by atoms with Gasteiger partial charge in [0, 0.05) is 10.9 Å². The lowest BCUT2D eigenvalue weighted by Crippen LogP contribution is -2.16. The molecule has 1 heterocycles. The number of halogens is 1. The summed E-state index contributed by atoms with van der Waals surface area (Å²) in [6.45, 7) is 1.97. The van der Waals surface area contributed by atoms with Crippen LogP contribution >= 0.6 is 12.4 Å². The van der Waals surface area contributed by atoms with E-state index in [4.69, 9.17) is 11.5 Å². The highest BCUT2D eigenvalue weighted by atomic mass is 35.5. The van der Waals surface area contributed by atoms with Gasteiger partial charge in [-0.05, 0) is 18.1 Å². The minimum atomic E-state index is -0.567. The summed E-state index contributed by atoms with van der Waals surface area (Å²) in [5.41, 5.74) is 15.2. The third-order valence-electron chi connectivity index (χ3n) is 3.55. The second kappa shape index (κ2) is 6.03. The van der Waals surface area contributed by atoms with Gasteiger partial charge >= 0.3 is 0 Å². The Kier molecular flexibility index (Phi) is 4.33. The first-order valence-corrected chi connectivity index (χ1v) is 6.63. The van der Waals surface area contributed by atoms with Crippen LogP contribution in [0.15, 0.2) is 48.5 Å². The van der Waals surface area contributed by atoms with E-state index in [1.54, 1.807) is 0 Å². The molecule has 0 aliphatic rings. The Labute approximate surface area is 134 Å². The largest absolute Gasteiger partial charge is 0.383 e. The van der Waals surface area contributed by atoms with Crippen molar-refractivity contribution in [1.82, 2.24) is 4.98 Å². The summed E-state index contributed by atoms with van der Waals surface area (Å²) < 4.78 is 0. The number of rotatable bonds is 2.